The van der Waals surface area contributed by atoms with E-state index in [0.717, 1.165) is 17.0 Å². The van der Waals surface area contributed by atoms with E-state index in [2.05, 4.69) is 23.3 Å². The fourth-order valence-corrected chi connectivity index (χ4v) is 3.38. The maximum atomic E-state index is 12.4. The first-order valence-electron chi connectivity index (χ1n) is 9.16. The van der Waals surface area contributed by atoms with E-state index >= 15 is 0 Å². The summed E-state index contributed by atoms with van der Waals surface area (Å²) in [4.78, 5) is 29.3. The van der Waals surface area contributed by atoms with E-state index in [1.54, 1.807) is 13.8 Å². The van der Waals surface area contributed by atoms with Crippen molar-refractivity contribution in [3.63, 3.8) is 0 Å². The summed E-state index contributed by atoms with van der Waals surface area (Å²) < 4.78 is 5.14. The average molecular weight is 400 g/mol. The molecule has 2 rings (SSSR count). The van der Waals surface area contributed by atoms with Gasteiger partial charge in [-0.2, -0.15) is 5.26 Å². The van der Waals surface area contributed by atoms with Gasteiger partial charge in [0.1, 0.15) is 15.4 Å². The summed E-state index contributed by atoms with van der Waals surface area (Å²) >= 11 is 1.24. The number of hydrogen-bond acceptors (Lipinski definition) is 6. The zero-order valence-corrected chi connectivity index (χ0v) is 17.6. The molecule has 0 spiro atoms. The van der Waals surface area contributed by atoms with Crippen molar-refractivity contribution in [2.45, 2.75) is 46.6 Å². The number of aromatic nitrogens is 1. The number of hydrogen-bond donors (Lipinski definition) is 1. The minimum Gasteiger partial charge on any atom is -0.451 e. The Morgan fingerprint density at radius 3 is 2.50 bits per heavy atom. The molecule has 2 aromatic rings. The van der Waals surface area contributed by atoms with E-state index in [9.17, 15) is 14.9 Å². The monoisotopic (exact) mass is 399 g/mol. The van der Waals surface area contributed by atoms with Gasteiger partial charge in [0.15, 0.2) is 6.61 Å². The van der Waals surface area contributed by atoms with Crippen molar-refractivity contribution < 1.29 is 14.3 Å². The molecule has 28 heavy (non-hydrogen) atoms. The number of ether oxygens (including phenoxy) is 1. The smallest absolute Gasteiger partial charge is 0.350 e. The molecule has 0 saturated heterocycles. The third-order valence-electron chi connectivity index (χ3n) is 4.71. The molecule has 0 radical (unpaired) electrons. The average Bonchev–Trinajstić information content (AvgIpc) is 3.07. The Kier molecular flexibility index (Phi) is 6.92. The number of nitrogens with one attached hydrogen (secondary N) is 1. The van der Waals surface area contributed by atoms with Crippen LogP contribution in [0.4, 0.5) is 0 Å². The predicted molar refractivity (Wildman–Crippen MR) is 109 cm³/mol. The molecule has 7 heteroatoms. The number of thiazole rings is 1. The van der Waals surface area contributed by atoms with E-state index in [4.69, 9.17) is 4.74 Å². The zero-order valence-electron chi connectivity index (χ0n) is 16.8. The van der Waals surface area contributed by atoms with Crippen LogP contribution in [0.1, 0.15) is 48.6 Å². The van der Waals surface area contributed by atoms with Crippen molar-refractivity contribution in [1.82, 2.24) is 10.3 Å². The van der Waals surface area contributed by atoms with E-state index in [1.165, 1.54) is 16.9 Å². The second kappa shape index (κ2) is 8.98. The van der Waals surface area contributed by atoms with Gasteiger partial charge in [0, 0.05) is 5.56 Å². The molecule has 1 aromatic carbocycles. The molecule has 0 unspecified atom stereocenters. The number of carbonyl (C=O) groups is 2. The molecule has 6 nitrogen and oxygen atoms in total. The molecular weight excluding hydrogens is 374 g/mol. The number of nitrogens with zero attached hydrogens (tertiary/aromatic N) is 2. The molecule has 0 saturated carbocycles. The third kappa shape index (κ3) is 4.96. The molecule has 1 N–H and O–H groups in total. The van der Waals surface area contributed by atoms with Crippen molar-refractivity contribution >= 4 is 23.2 Å². The van der Waals surface area contributed by atoms with Crippen molar-refractivity contribution in [1.29, 1.82) is 5.26 Å². The quantitative estimate of drug-likeness (QED) is 0.713. The van der Waals surface area contributed by atoms with Gasteiger partial charge in [0.05, 0.1) is 11.8 Å². The predicted octanol–water partition coefficient (Wildman–Crippen LogP) is 3.89. The molecule has 1 amide bonds. The number of benzene rings is 1. The van der Waals surface area contributed by atoms with Crippen LogP contribution < -0.4 is 5.32 Å². The topological polar surface area (TPSA) is 92.1 Å². The van der Waals surface area contributed by atoms with E-state index in [0.29, 0.717) is 10.6 Å². The molecule has 0 aliphatic rings. The Hall–Kier alpha value is -2.72. The van der Waals surface area contributed by atoms with Crippen molar-refractivity contribution in [2.75, 3.05) is 6.61 Å². The third-order valence-corrected chi connectivity index (χ3v) is 5.90. The molecule has 1 heterocycles. The van der Waals surface area contributed by atoms with Crippen molar-refractivity contribution in [3.8, 4) is 16.6 Å². The summed E-state index contributed by atoms with van der Waals surface area (Å²) in [5.74, 6) is -1.18. The summed E-state index contributed by atoms with van der Waals surface area (Å²) in [6.45, 7) is 8.70. The van der Waals surface area contributed by atoms with Gasteiger partial charge in [0.2, 0.25) is 0 Å². The lowest BCUT2D eigenvalue weighted by Gasteiger charge is -2.27. The Balaban J connectivity index is 2.04. The lowest BCUT2D eigenvalue weighted by Crippen LogP contribution is -2.50. The van der Waals surface area contributed by atoms with Gasteiger partial charge in [0.25, 0.3) is 5.91 Å². The van der Waals surface area contributed by atoms with Gasteiger partial charge in [-0.05, 0) is 31.7 Å². The second-order valence-electron chi connectivity index (χ2n) is 7.08. The summed E-state index contributed by atoms with van der Waals surface area (Å²) in [5, 5.41) is 12.6. The molecule has 0 fully saturated rings. The molecule has 148 valence electrons. The molecule has 0 aliphatic heterocycles. The lowest BCUT2D eigenvalue weighted by atomic mass is 9.90. The van der Waals surface area contributed by atoms with E-state index in [1.807, 2.05) is 38.1 Å². The van der Waals surface area contributed by atoms with Crippen LogP contribution in [0.3, 0.4) is 0 Å². The highest BCUT2D eigenvalue weighted by Gasteiger charge is 2.30. The van der Waals surface area contributed by atoms with E-state index in [-0.39, 0.29) is 5.92 Å². The first-order chi connectivity index (χ1) is 13.2. The largest absolute Gasteiger partial charge is 0.451 e. The number of esters is 1. The van der Waals surface area contributed by atoms with Crippen LogP contribution in [0.25, 0.3) is 10.6 Å². The summed E-state index contributed by atoms with van der Waals surface area (Å²) in [7, 11) is 0. The van der Waals surface area contributed by atoms with Crippen LogP contribution in [0, 0.1) is 24.2 Å². The number of aryl methyl sites for hydroxylation is 2. The fraction of sp³-hybridized carbons (Fsp3) is 0.429. The maximum Gasteiger partial charge on any atom is 0.350 e. The summed E-state index contributed by atoms with van der Waals surface area (Å²) in [6.07, 6.45) is 0.957. The normalized spacial score (nSPS) is 12.9. The Morgan fingerprint density at radius 1 is 1.32 bits per heavy atom. The van der Waals surface area contributed by atoms with Gasteiger partial charge in [-0.1, -0.05) is 45.0 Å². The lowest BCUT2D eigenvalue weighted by molar-refractivity contribution is -0.125. The molecule has 0 aliphatic carbocycles. The number of carbonyl (C=O) groups excluding carboxylic acids is 2. The number of nitriles is 1. The molecular formula is C21H25N3O3S. The molecule has 1 atom stereocenters. The Labute approximate surface area is 169 Å². The van der Waals surface area contributed by atoms with Crippen LogP contribution >= 0.6 is 11.3 Å². The van der Waals surface area contributed by atoms with Gasteiger partial charge < -0.3 is 10.1 Å². The zero-order chi connectivity index (χ0) is 20.9. The van der Waals surface area contributed by atoms with Gasteiger partial charge in [-0.3, -0.25) is 4.79 Å². The van der Waals surface area contributed by atoms with Crippen LogP contribution in [0.2, 0.25) is 0 Å². The van der Waals surface area contributed by atoms with Crippen LogP contribution in [0.15, 0.2) is 24.3 Å². The summed E-state index contributed by atoms with van der Waals surface area (Å²) in [5.41, 5.74) is 1.72. The van der Waals surface area contributed by atoms with Crippen LogP contribution in [-0.4, -0.2) is 29.0 Å². The van der Waals surface area contributed by atoms with Gasteiger partial charge in [-0.15, -0.1) is 11.3 Å². The van der Waals surface area contributed by atoms with Crippen molar-refractivity contribution in [2.24, 2.45) is 5.92 Å². The minimum absolute atomic E-state index is 0.0810. The Morgan fingerprint density at radius 2 is 1.96 bits per heavy atom. The number of amides is 1. The number of rotatable bonds is 7. The van der Waals surface area contributed by atoms with Crippen LogP contribution in [0.5, 0.6) is 0 Å². The Bertz CT molecular complexity index is 897. The first kappa shape index (κ1) is 21.6. The first-order valence-corrected chi connectivity index (χ1v) is 9.98. The minimum atomic E-state index is -1.01. The summed E-state index contributed by atoms with van der Waals surface area (Å²) in [6, 6.07) is 10.1. The standard InChI is InChI=1S/C21H25N3O3S/c1-6-15-7-9-16(10-8-15)19-23-14(4)18(28-19)20(26)27-11-17(25)24-21(5,12-22)13(2)3/h7-10,13H,6,11H2,1-5H3,(H,24,25)/t21-/m0/s1. The van der Waals surface area contributed by atoms with Crippen LogP contribution in [-0.2, 0) is 16.0 Å². The SMILES string of the molecule is CCc1ccc(-c2nc(C)c(C(=O)OCC(=O)N[C@@](C)(C#N)C(C)C)s2)cc1. The van der Waals surface area contributed by atoms with E-state index < -0.39 is 24.0 Å². The molecule has 1 aromatic heterocycles. The highest BCUT2D eigenvalue weighted by molar-refractivity contribution is 7.17. The second-order valence-corrected chi connectivity index (χ2v) is 8.08. The maximum absolute atomic E-state index is 12.4. The highest BCUT2D eigenvalue weighted by Crippen LogP contribution is 2.28. The highest BCUT2D eigenvalue weighted by atomic mass is 32.1. The fourth-order valence-electron chi connectivity index (χ4n) is 2.42. The van der Waals surface area contributed by atoms with Gasteiger partial charge >= 0.3 is 5.97 Å². The molecule has 0 bridgehead atoms. The van der Waals surface area contributed by atoms with Gasteiger partial charge in [-0.25, -0.2) is 9.78 Å². The van der Waals surface area contributed by atoms with Crippen molar-refractivity contribution in [3.05, 3.63) is 40.4 Å².